The van der Waals surface area contributed by atoms with Gasteiger partial charge in [0.2, 0.25) is 5.91 Å². The second-order valence-electron chi connectivity index (χ2n) is 8.41. The SMILES string of the molecule is CS(=O)(=O)CC(=O)N1CCN(C(=O)c2cccc(OCCC3CCCCC3)c2)CC1. The summed E-state index contributed by atoms with van der Waals surface area (Å²) < 4.78 is 28.5. The number of sulfone groups is 1. The Morgan fingerprint density at radius 1 is 1.03 bits per heavy atom. The molecule has 30 heavy (non-hydrogen) atoms. The van der Waals surface area contributed by atoms with Crippen LogP contribution >= 0.6 is 0 Å². The topological polar surface area (TPSA) is 84.0 Å². The van der Waals surface area contributed by atoms with Gasteiger partial charge < -0.3 is 14.5 Å². The first-order valence-electron chi connectivity index (χ1n) is 10.8. The summed E-state index contributed by atoms with van der Waals surface area (Å²) in [7, 11) is -3.35. The number of carbonyl (C=O) groups is 2. The summed E-state index contributed by atoms with van der Waals surface area (Å²) in [6.07, 6.45) is 8.68. The number of amides is 2. The van der Waals surface area contributed by atoms with Gasteiger partial charge in [0.25, 0.3) is 5.91 Å². The van der Waals surface area contributed by atoms with Crippen molar-refractivity contribution < 1.29 is 22.7 Å². The summed E-state index contributed by atoms with van der Waals surface area (Å²) in [5.74, 6) is 0.478. The number of benzene rings is 1. The van der Waals surface area contributed by atoms with Crippen LogP contribution in [0.4, 0.5) is 0 Å². The van der Waals surface area contributed by atoms with Crippen molar-refractivity contribution in [3.05, 3.63) is 29.8 Å². The highest BCUT2D eigenvalue weighted by Crippen LogP contribution is 2.26. The average Bonchev–Trinajstić information content (AvgIpc) is 2.73. The number of hydrogen-bond acceptors (Lipinski definition) is 5. The second kappa shape index (κ2) is 10.3. The second-order valence-corrected chi connectivity index (χ2v) is 10.6. The van der Waals surface area contributed by atoms with Crippen LogP contribution in [-0.4, -0.2) is 74.8 Å². The molecule has 8 heteroatoms. The molecule has 0 unspecified atom stereocenters. The van der Waals surface area contributed by atoms with Crippen LogP contribution < -0.4 is 4.74 Å². The molecule has 0 N–H and O–H groups in total. The molecule has 0 atom stereocenters. The zero-order valence-electron chi connectivity index (χ0n) is 17.7. The fourth-order valence-corrected chi connectivity index (χ4v) is 4.83. The van der Waals surface area contributed by atoms with Crippen LogP contribution in [0.2, 0.25) is 0 Å². The number of carbonyl (C=O) groups excluding carboxylic acids is 2. The van der Waals surface area contributed by atoms with Gasteiger partial charge in [-0.15, -0.1) is 0 Å². The molecule has 0 aromatic heterocycles. The third-order valence-corrected chi connectivity index (χ3v) is 6.68. The molecule has 0 radical (unpaired) electrons. The first-order valence-corrected chi connectivity index (χ1v) is 12.9. The van der Waals surface area contributed by atoms with E-state index in [-0.39, 0.29) is 5.91 Å². The van der Waals surface area contributed by atoms with Crippen LogP contribution in [0.15, 0.2) is 24.3 Å². The predicted molar refractivity (Wildman–Crippen MR) is 115 cm³/mol. The molecule has 2 aliphatic rings. The highest BCUT2D eigenvalue weighted by atomic mass is 32.2. The van der Waals surface area contributed by atoms with Crippen molar-refractivity contribution in [3.63, 3.8) is 0 Å². The molecule has 1 aliphatic heterocycles. The molecule has 1 aliphatic carbocycles. The lowest BCUT2D eigenvalue weighted by Crippen LogP contribution is -2.51. The standard InChI is InChI=1S/C22H32N2O5S/c1-30(27,28)17-21(25)23-11-13-24(14-12-23)22(26)19-8-5-9-20(16-19)29-15-10-18-6-3-2-4-7-18/h5,8-9,16,18H,2-4,6-7,10-15,17H2,1H3. The van der Waals surface area contributed by atoms with Gasteiger partial charge in [-0.3, -0.25) is 9.59 Å². The maximum absolute atomic E-state index is 12.8. The lowest BCUT2D eigenvalue weighted by atomic mass is 9.87. The van der Waals surface area contributed by atoms with Crippen LogP contribution in [0.25, 0.3) is 0 Å². The van der Waals surface area contributed by atoms with Crippen LogP contribution in [0.3, 0.4) is 0 Å². The van der Waals surface area contributed by atoms with E-state index in [1.54, 1.807) is 17.0 Å². The summed E-state index contributed by atoms with van der Waals surface area (Å²) in [4.78, 5) is 28.1. The Balaban J connectivity index is 1.48. The van der Waals surface area contributed by atoms with E-state index in [1.807, 2.05) is 12.1 Å². The lowest BCUT2D eigenvalue weighted by molar-refractivity contribution is -0.129. The Bertz CT molecular complexity index is 841. The zero-order chi connectivity index (χ0) is 21.6. The molecule has 7 nitrogen and oxygen atoms in total. The number of rotatable bonds is 7. The minimum absolute atomic E-state index is 0.0945. The van der Waals surface area contributed by atoms with Crippen LogP contribution in [0.5, 0.6) is 5.75 Å². The van der Waals surface area contributed by atoms with E-state index in [0.29, 0.717) is 44.1 Å². The normalized spacial score (nSPS) is 18.3. The summed E-state index contributed by atoms with van der Waals surface area (Å²) in [5.41, 5.74) is 0.570. The Morgan fingerprint density at radius 3 is 2.37 bits per heavy atom. The maximum atomic E-state index is 12.8. The highest BCUT2D eigenvalue weighted by Gasteiger charge is 2.26. The van der Waals surface area contributed by atoms with E-state index in [9.17, 15) is 18.0 Å². The third kappa shape index (κ3) is 6.72. The van der Waals surface area contributed by atoms with Gasteiger partial charge >= 0.3 is 0 Å². The van der Waals surface area contributed by atoms with E-state index in [0.717, 1.165) is 18.6 Å². The molecule has 3 rings (SSSR count). The van der Waals surface area contributed by atoms with Gasteiger partial charge in [-0.25, -0.2) is 8.42 Å². The van der Waals surface area contributed by atoms with E-state index < -0.39 is 21.5 Å². The fraction of sp³-hybridized carbons (Fsp3) is 0.636. The van der Waals surface area contributed by atoms with E-state index in [1.165, 1.54) is 37.0 Å². The van der Waals surface area contributed by atoms with Gasteiger partial charge in [0.1, 0.15) is 11.5 Å². The third-order valence-electron chi connectivity index (χ3n) is 5.91. The number of ether oxygens (including phenoxy) is 1. The number of piperazine rings is 1. The molecule has 1 saturated carbocycles. The van der Waals surface area contributed by atoms with E-state index >= 15 is 0 Å². The summed E-state index contributed by atoms with van der Waals surface area (Å²) in [6.45, 7) is 2.14. The predicted octanol–water partition coefficient (Wildman–Crippen LogP) is 2.36. The summed E-state index contributed by atoms with van der Waals surface area (Å²) >= 11 is 0. The Labute approximate surface area is 179 Å². The molecule has 1 heterocycles. The first-order chi connectivity index (χ1) is 14.3. The van der Waals surface area contributed by atoms with Crippen molar-refractivity contribution >= 4 is 21.7 Å². The molecule has 2 fully saturated rings. The quantitative estimate of drug-likeness (QED) is 0.655. The van der Waals surface area contributed by atoms with Gasteiger partial charge in [-0.1, -0.05) is 38.2 Å². The van der Waals surface area contributed by atoms with E-state index in [2.05, 4.69) is 0 Å². The molecule has 0 spiro atoms. The molecular formula is C22H32N2O5S. The van der Waals surface area contributed by atoms with Gasteiger partial charge in [-0.2, -0.15) is 0 Å². The largest absolute Gasteiger partial charge is 0.494 e. The van der Waals surface area contributed by atoms with Crippen LogP contribution in [-0.2, 0) is 14.6 Å². The molecule has 1 aromatic carbocycles. The first kappa shape index (κ1) is 22.6. The zero-order valence-corrected chi connectivity index (χ0v) is 18.5. The van der Waals surface area contributed by atoms with Crippen LogP contribution in [0, 0.1) is 5.92 Å². The van der Waals surface area contributed by atoms with Gasteiger partial charge in [0.05, 0.1) is 6.61 Å². The summed E-state index contributed by atoms with van der Waals surface area (Å²) in [6, 6.07) is 7.26. The Kier molecular flexibility index (Phi) is 7.75. The molecule has 1 aromatic rings. The van der Waals surface area contributed by atoms with Crippen molar-refractivity contribution in [2.75, 3.05) is 44.8 Å². The van der Waals surface area contributed by atoms with Crippen molar-refractivity contribution in [1.29, 1.82) is 0 Å². The van der Waals surface area contributed by atoms with Gasteiger partial charge in [0.15, 0.2) is 9.84 Å². The average molecular weight is 437 g/mol. The number of nitrogens with zero attached hydrogens (tertiary/aromatic N) is 2. The monoisotopic (exact) mass is 436 g/mol. The smallest absolute Gasteiger partial charge is 0.254 e. The summed E-state index contributed by atoms with van der Waals surface area (Å²) in [5, 5.41) is 0. The highest BCUT2D eigenvalue weighted by molar-refractivity contribution is 7.91. The van der Waals surface area contributed by atoms with Gasteiger partial charge in [-0.05, 0) is 30.5 Å². The van der Waals surface area contributed by atoms with Crippen molar-refractivity contribution in [2.45, 2.75) is 38.5 Å². The number of hydrogen-bond donors (Lipinski definition) is 0. The Hall–Kier alpha value is -2.09. The van der Waals surface area contributed by atoms with Crippen molar-refractivity contribution in [2.24, 2.45) is 5.92 Å². The lowest BCUT2D eigenvalue weighted by Gasteiger charge is -2.34. The van der Waals surface area contributed by atoms with E-state index in [4.69, 9.17) is 4.74 Å². The molecule has 1 saturated heterocycles. The molecule has 166 valence electrons. The van der Waals surface area contributed by atoms with Crippen LogP contribution in [0.1, 0.15) is 48.9 Å². The van der Waals surface area contributed by atoms with Crippen molar-refractivity contribution in [1.82, 2.24) is 9.80 Å². The molecular weight excluding hydrogens is 404 g/mol. The Morgan fingerprint density at radius 2 is 1.70 bits per heavy atom. The minimum Gasteiger partial charge on any atom is -0.494 e. The fourth-order valence-electron chi connectivity index (χ4n) is 4.20. The minimum atomic E-state index is -3.35. The molecule has 0 bridgehead atoms. The van der Waals surface area contributed by atoms with Crippen molar-refractivity contribution in [3.8, 4) is 5.75 Å². The van der Waals surface area contributed by atoms with Gasteiger partial charge in [0, 0.05) is 38.0 Å². The molecule has 2 amide bonds. The maximum Gasteiger partial charge on any atom is 0.254 e.